The predicted molar refractivity (Wildman–Crippen MR) is 155 cm³/mol. The topological polar surface area (TPSA) is 127 Å². The van der Waals surface area contributed by atoms with Gasteiger partial charge in [-0.25, -0.2) is 9.88 Å². The van der Waals surface area contributed by atoms with Gasteiger partial charge in [0, 0.05) is 29.8 Å². The molecule has 1 fully saturated rings. The highest BCUT2D eigenvalue weighted by atomic mass is 16.6. The maximum absolute atomic E-state index is 13.7. The summed E-state index contributed by atoms with van der Waals surface area (Å²) < 4.78 is 5.82. The van der Waals surface area contributed by atoms with Crippen molar-refractivity contribution in [1.82, 2.24) is 9.88 Å². The summed E-state index contributed by atoms with van der Waals surface area (Å²) in [5.74, 6) is -1.14. The number of para-hydroxylation sites is 2. The number of rotatable bonds is 8. The predicted octanol–water partition coefficient (Wildman–Crippen LogP) is 5.42. The minimum atomic E-state index is -1.07. The minimum absolute atomic E-state index is 0.0682. The molecule has 0 bridgehead atoms. The highest BCUT2D eigenvalue weighted by Crippen LogP contribution is 2.30. The number of nitro groups is 1. The van der Waals surface area contributed by atoms with Crippen LogP contribution in [0.4, 0.5) is 11.4 Å². The summed E-state index contributed by atoms with van der Waals surface area (Å²) in [6.45, 7) is 0.139. The zero-order chi connectivity index (χ0) is 29.2. The Morgan fingerprint density at radius 1 is 0.952 bits per heavy atom. The quantitative estimate of drug-likeness (QED) is 0.141. The van der Waals surface area contributed by atoms with Crippen LogP contribution in [-0.4, -0.2) is 45.1 Å². The lowest BCUT2D eigenvalue weighted by molar-refractivity contribution is -0.384. The number of nitrogens with zero attached hydrogens (tertiary/aromatic N) is 4. The van der Waals surface area contributed by atoms with E-state index in [-0.39, 0.29) is 24.2 Å². The maximum atomic E-state index is 13.7. The lowest BCUT2D eigenvalue weighted by atomic mass is 10.1. The van der Waals surface area contributed by atoms with Gasteiger partial charge in [0.1, 0.15) is 11.6 Å². The fraction of sp³-hybridized carbons (Fsp3) is 0.125. The second-order valence-corrected chi connectivity index (χ2v) is 9.86. The van der Waals surface area contributed by atoms with Crippen molar-refractivity contribution in [2.24, 2.45) is 0 Å². The zero-order valence-corrected chi connectivity index (χ0v) is 22.3. The maximum Gasteiger partial charge on any atom is 0.270 e. The Hall–Kier alpha value is -5.64. The van der Waals surface area contributed by atoms with Crippen molar-refractivity contribution in [2.45, 2.75) is 18.9 Å². The number of non-ortho nitro benzene ring substituents is 1. The number of oxazole rings is 1. The number of carbonyl (C=O) groups excluding carboxylic acids is 3. The van der Waals surface area contributed by atoms with E-state index in [4.69, 9.17) is 4.42 Å². The monoisotopic (exact) mass is 560 g/mol. The first-order valence-electron chi connectivity index (χ1n) is 13.3. The second-order valence-electron chi connectivity index (χ2n) is 9.86. The van der Waals surface area contributed by atoms with Crippen molar-refractivity contribution in [3.8, 4) is 11.5 Å². The summed E-state index contributed by atoms with van der Waals surface area (Å²) in [5.41, 5.74) is 3.17. The molecule has 208 valence electrons. The van der Waals surface area contributed by atoms with Crippen molar-refractivity contribution < 1.29 is 23.7 Å². The summed E-state index contributed by atoms with van der Waals surface area (Å²) >= 11 is 0. The Kier molecular flexibility index (Phi) is 7.02. The average molecular weight is 561 g/mol. The Morgan fingerprint density at radius 2 is 1.69 bits per heavy atom. The Labute approximate surface area is 240 Å². The molecule has 4 aromatic carbocycles. The number of hydrogen-bond donors (Lipinski definition) is 0. The van der Waals surface area contributed by atoms with Crippen LogP contribution < -0.4 is 4.90 Å². The van der Waals surface area contributed by atoms with Crippen LogP contribution in [0.5, 0.6) is 0 Å². The number of anilines is 1. The third kappa shape index (κ3) is 5.13. The van der Waals surface area contributed by atoms with Gasteiger partial charge in [0.2, 0.25) is 11.8 Å². The van der Waals surface area contributed by atoms with E-state index in [1.165, 1.54) is 29.2 Å². The molecule has 1 atom stereocenters. The Bertz CT molecular complexity index is 1780. The van der Waals surface area contributed by atoms with E-state index >= 15 is 0 Å². The van der Waals surface area contributed by atoms with Crippen molar-refractivity contribution in [2.75, 3.05) is 11.4 Å². The molecular weight excluding hydrogens is 536 g/mol. The Morgan fingerprint density at radius 3 is 2.43 bits per heavy atom. The van der Waals surface area contributed by atoms with E-state index < -0.39 is 28.7 Å². The molecule has 0 aliphatic carbocycles. The molecule has 10 heteroatoms. The van der Waals surface area contributed by atoms with Crippen molar-refractivity contribution in [3.63, 3.8) is 0 Å². The molecule has 6 rings (SSSR count). The molecule has 1 aliphatic heterocycles. The van der Waals surface area contributed by atoms with Gasteiger partial charge in [-0.1, -0.05) is 48.5 Å². The van der Waals surface area contributed by atoms with E-state index in [0.717, 1.165) is 10.5 Å². The molecule has 0 spiro atoms. The lowest BCUT2D eigenvalue weighted by Crippen LogP contribution is -2.46. The van der Waals surface area contributed by atoms with Crippen molar-refractivity contribution in [1.29, 1.82) is 0 Å². The average Bonchev–Trinajstić information content (AvgIpc) is 3.58. The van der Waals surface area contributed by atoms with Gasteiger partial charge in [-0.05, 0) is 54.4 Å². The number of carbonyl (C=O) groups is 3. The fourth-order valence-electron chi connectivity index (χ4n) is 5.09. The van der Waals surface area contributed by atoms with Crippen LogP contribution in [0.15, 0.2) is 108 Å². The highest BCUT2D eigenvalue weighted by Gasteiger charge is 2.44. The summed E-state index contributed by atoms with van der Waals surface area (Å²) in [4.78, 5) is 58.3. The summed E-state index contributed by atoms with van der Waals surface area (Å²) in [6, 6.07) is 27.8. The van der Waals surface area contributed by atoms with Crippen LogP contribution >= 0.6 is 0 Å². The molecule has 5 aromatic rings. The summed E-state index contributed by atoms with van der Waals surface area (Å²) in [5, 5.41) is 11.3. The number of fused-ring (bicyclic) bond motifs is 1. The SMILES string of the molecule is O=C1CC(N(CCc2ccccc2)C(=O)c2cccc([N+](=O)[O-])c2)C(=O)N1c1ccc(-c2nc3ccccc3o2)cc1. The van der Waals surface area contributed by atoms with E-state index in [1.54, 1.807) is 24.3 Å². The minimum Gasteiger partial charge on any atom is -0.436 e. The largest absolute Gasteiger partial charge is 0.436 e. The Balaban J connectivity index is 1.27. The first-order chi connectivity index (χ1) is 20.4. The van der Waals surface area contributed by atoms with Crippen LogP contribution in [0.2, 0.25) is 0 Å². The molecule has 1 saturated heterocycles. The van der Waals surface area contributed by atoms with E-state index in [1.807, 2.05) is 54.6 Å². The third-order valence-corrected chi connectivity index (χ3v) is 7.21. The summed E-state index contributed by atoms with van der Waals surface area (Å²) in [7, 11) is 0. The normalized spacial score (nSPS) is 14.9. The van der Waals surface area contributed by atoms with Gasteiger partial charge in [-0.15, -0.1) is 0 Å². The van der Waals surface area contributed by atoms with Crippen molar-refractivity contribution in [3.05, 3.63) is 124 Å². The smallest absolute Gasteiger partial charge is 0.270 e. The zero-order valence-electron chi connectivity index (χ0n) is 22.3. The number of imide groups is 1. The standard InChI is InChI=1S/C32H24N4O6/c37-29-20-27(32(39)35(29)24-15-13-22(14-16-24)30-33-26-11-4-5-12-28(26)42-30)34(18-17-21-7-2-1-3-8-21)31(38)23-9-6-10-25(19-23)36(40)41/h1-16,19,27H,17-18,20H2. The second kappa shape index (κ2) is 11.1. The molecule has 0 saturated carbocycles. The van der Waals surface area contributed by atoms with Crippen LogP contribution in [0.25, 0.3) is 22.6 Å². The number of aromatic nitrogens is 1. The lowest BCUT2D eigenvalue weighted by Gasteiger charge is -2.28. The first-order valence-corrected chi connectivity index (χ1v) is 13.3. The van der Waals surface area contributed by atoms with Crippen LogP contribution in [0, 0.1) is 10.1 Å². The molecule has 1 aliphatic rings. The molecule has 2 heterocycles. The van der Waals surface area contributed by atoms with Gasteiger partial charge >= 0.3 is 0 Å². The van der Waals surface area contributed by atoms with Crippen LogP contribution in [0.1, 0.15) is 22.3 Å². The van der Waals surface area contributed by atoms with Crippen LogP contribution in [0.3, 0.4) is 0 Å². The summed E-state index contributed by atoms with van der Waals surface area (Å²) in [6.07, 6.45) is 0.222. The third-order valence-electron chi connectivity index (χ3n) is 7.21. The molecular formula is C32H24N4O6. The van der Waals surface area contributed by atoms with E-state index in [2.05, 4.69) is 4.98 Å². The van der Waals surface area contributed by atoms with Gasteiger partial charge in [0.25, 0.3) is 17.5 Å². The molecule has 42 heavy (non-hydrogen) atoms. The van der Waals surface area contributed by atoms with E-state index in [9.17, 15) is 24.5 Å². The fourth-order valence-corrected chi connectivity index (χ4v) is 5.09. The molecule has 10 nitrogen and oxygen atoms in total. The number of nitro benzene ring substituents is 1. The highest BCUT2D eigenvalue weighted by molar-refractivity contribution is 6.23. The molecule has 1 aromatic heterocycles. The number of amides is 3. The van der Waals surface area contributed by atoms with Gasteiger partial charge in [-0.3, -0.25) is 24.5 Å². The molecule has 3 amide bonds. The van der Waals surface area contributed by atoms with Crippen molar-refractivity contribution >= 4 is 40.2 Å². The number of benzene rings is 4. The van der Waals surface area contributed by atoms with Gasteiger partial charge in [0.05, 0.1) is 17.0 Å². The molecule has 0 radical (unpaired) electrons. The van der Waals surface area contributed by atoms with Gasteiger partial charge in [-0.2, -0.15) is 0 Å². The number of hydrogen-bond acceptors (Lipinski definition) is 7. The van der Waals surface area contributed by atoms with E-state index in [0.29, 0.717) is 34.7 Å². The molecule has 0 N–H and O–H groups in total. The molecule has 1 unspecified atom stereocenters. The first kappa shape index (κ1) is 26.6. The van der Waals surface area contributed by atoms with Gasteiger partial charge in [0.15, 0.2) is 5.58 Å². The van der Waals surface area contributed by atoms with Crippen LogP contribution in [-0.2, 0) is 16.0 Å². The van der Waals surface area contributed by atoms with Gasteiger partial charge < -0.3 is 9.32 Å².